The zero-order chi connectivity index (χ0) is 24.2. The Labute approximate surface area is 196 Å². The van der Waals surface area contributed by atoms with E-state index in [0.29, 0.717) is 6.42 Å². The van der Waals surface area contributed by atoms with E-state index in [9.17, 15) is 24.3 Å². The smallest absolute Gasteiger partial charge is 0.407 e. The van der Waals surface area contributed by atoms with Gasteiger partial charge in [0.1, 0.15) is 18.6 Å². The van der Waals surface area contributed by atoms with Gasteiger partial charge in [0.2, 0.25) is 11.8 Å². The molecule has 2 aromatic carbocycles. The molecule has 0 saturated carbocycles. The third-order valence-corrected chi connectivity index (χ3v) is 6.40. The minimum atomic E-state index is -1.16. The molecule has 2 unspecified atom stereocenters. The van der Waals surface area contributed by atoms with E-state index in [1.165, 1.54) is 0 Å². The Morgan fingerprint density at radius 1 is 1.09 bits per heavy atom. The molecule has 0 aromatic heterocycles. The Morgan fingerprint density at radius 3 is 2.29 bits per heavy atom. The number of rotatable bonds is 8. The summed E-state index contributed by atoms with van der Waals surface area (Å²) in [6.07, 6.45) is -0.281. The lowest BCUT2D eigenvalue weighted by molar-refractivity contribution is -0.143. The van der Waals surface area contributed by atoms with E-state index in [1.807, 2.05) is 43.3 Å². The molecule has 9 nitrogen and oxygen atoms in total. The summed E-state index contributed by atoms with van der Waals surface area (Å²) in [6, 6.07) is 14.4. The molecule has 4 N–H and O–H groups in total. The van der Waals surface area contributed by atoms with Crippen LogP contribution in [0.1, 0.15) is 36.8 Å². The van der Waals surface area contributed by atoms with E-state index in [4.69, 9.17) is 4.74 Å². The number of aliphatic carboxylic acids is 1. The van der Waals surface area contributed by atoms with Gasteiger partial charge in [-0.2, -0.15) is 0 Å². The fourth-order valence-electron chi connectivity index (χ4n) is 4.58. The summed E-state index contributed by atoms with van der Waals surface area (Å²) in [5.74, 6) is -3.30. The summed E-state index contributed by atoms with van der Waals surface area (Å²) >= 11 is 0. The first-order valence-corrected chi connectivity index (χ1v) is 11.3. The number of carbonyl (C=O) groups excluding carboxylic acids is 3. The zero-order valence-electron chi connectivity index (χ0n) is 18.7. The van der Waals surface area contributed by atoms with Crippen molar-refractivity contribution in [1.82, 2.24) is 16.0 Å². The van der Waals surface area contributed by atoms with E-state index in [2.05, 4.69) is 28.1 Å². The normalized spacial score (nSPS) is 19.5. The summed E-state index contributed by atoms with van der Waals surface area (Å²) in [5, 5.41) is 16.8. The van der Waals surface area contributed by atoms with Crippen LogP contribution in [0.5, 0.6) is 0 Å². The molecule has 1 aliphatic carbocycles. The molecule has 3 amide bonds. The van der Waals surface area contributed by atoms with Crippen molar-refractivity contribution in [3.05, 3.63) is 59.7 Å². The monoisotopic (exact) mass is 465 g/mol. The summed E-state index contributed by atoms with van der Waals surface area (Å²) in [5.41, 5.74) is 4.47. The largest absolute Gasteiger partial charge is 0.481 e. The third kappa shape index (κ3) is 4.73. The molecule has 1 heterocycles. The third-order valence-electron chi connectivity index (χ3n) is 6.40. The van der Waals surface area contributed by atoms with Crippen molar-refractivity contribution in [3.8, 4) is 11.1 Å². The molecule has 3 atom stereocenters. The lowest BCUT2D eigenvalue weighted by Gasteiger charge is -2.20. The molecule has 2 aliphatic rings. The lowest BCUT2D eigenvalue weighted by Crippen LogP contribution is -2.47. The fourth-order valence-corrected chi connectivity index (χ4v) is 4.58. The number of carboxylic acids is 1. The van der Waals surface area contributed by atoms with E-state index in [0.717, 1.165) is 22.3 Å². The Bertz CT molecular complexity index is 1070. The molecule has 178 valence electrons. The number of benzene rings is 2. The minimum Gasteiger partial charge on any atom is -0.481 e. The van der Waals surface area contributed by atoms with Crippen molar-refractivity contribution in [2.24, 2.45) is 5.92 Å². The highest BCUT2D eigenvalue weighted by Gasteiger charge is 2.40. The molecule has 0 spiro atoms. The maximum absolute atomic E-state index is 12.5. The molecule has 1 fully saturated rings. The minimum absolute atomic E-state index is 0.0334. The first kappa shape index (κ1) is 23.3. The average Bonchev–Trinajstić information content (AvgIpc) is 3.35. The second kappa shape index (κ2) is 9.94. The van der Waals surface area contributed by atoms with Gasteiger partial charge >= 0.3 is 12.1 Å². The Balaban J connectivity index is 1.32. The van der Waals surface area contributed by atoms with Crippen molar-refractivity contribution in [2.45, 2.75) is 37.8 Å². The van der Waals surface area contributed by atoms with Gasteiger partial charge in [0.25, 0.3) is 0 Å². The van der Waals surface area contributed by atoms with Gasteiger partial charge < -0.3 is 25.8 Å². The van der Waals surface area contributed by atoms with Gasteiger partial charge in [-0.15, -0.1) is 0 Å². The van der Waals surface area contributed by atoms with Gasteiger partial charge in [0, 0.05) is 24.9 Å². The van der Waals surface area contributed by atoms with Crippen LogP contribution in [-0.4, -0.2) is 54.2 Å². The number of amides is 3. The van der Waals surface area contributed by atoms with Gasteiger partial charge in [-0.1, -0.05) is 55.5 Å². The van der Waals surface area contributed by atoms with Crippen LogP contribution in [0, 0.1) is 5.92 Å². The van der Waals surface area contributed by atoms with Crippen LogP contribution in [0.3, 0.4) is 0 Å². The van der Waals surface area contributed by atoms with Gasteiger partial charge in [0.15, 0.2) is 0 Å². The van der Waals surface area contributed by atoms with Gasteiger partial charge in [-0.05, 0) is 28.7 Å². The van der Waals surface area contributed by atoms with Gasteiger partial charge in [0.05, 0.1) is 0 Å². The lowest BCUT2D eigenvalue weighted by atomic mass is 9.98. The molecule has 34 heavy (non-hydrogen) atoms. The van der Waals surface area contributed by atoms with Crippen LogP contribution in [0.2, 0.25) is 0 Å². The van der Waals surface area contributed by atoms with Crippen molar-refractivity contribution in [1.29, 1.82) is 0 Å². The van der Waals surface area contributed by atoms with E-state index < -0.39 is 41.9 Å². The second-order valence-corrected chi connectivity index (χ2v) is 8.51. The second-order valence-electron chi connectivity index (χ2n) is 8.51. The molecule has 0 radical (unpaired) electrons. The highest BCUT2D eigenvalue weighted by atomic mass is 16.5. The average molecular weight is 466 g/mol. The standard InChI is InChI=1S/C25H27N3O6/c1-2-14(11-21(29)28-22-19(24(31)32)12-26-23(22)30)27-25(33)34-13-20-17-9-5-3-7-15(17)16-8-4-6-10-18(16)20/h3-10,14,19-20,22H,2,11-13H2,1H3,(H,26,30)(H,27,33)(H,28,29)(H,31,32)/t14-,19?,22?/m1/s1. The highest BCUT2D eigenvalue weighted by molar-refractivity contribution is 5.94. The van der Waals surface area contributed by atoms with Crippen molar-refractivity contribution >= 4 is 23.9 Å². The quantitative estimate of drug-likeness (QED) is 0.471. The number of hydrogen-bond acceptors (Lipinski definition) is 5. The zero-order valence-corrected chi connectivity index (χ0v) is 18.7. The highest BCUT2D eigenvalue weighted by Crippen LogP contribution is 2.44. The van der Waals surface area contributed by atoms with E-state index >= 15 is 0 Å². The summed E-state index contributed by atoms with van der Waals surface area (Å²) < 4.78 is 5.53. The molecule has 2 aromatic rings. The Morgan fingerprint density at radius 2 is 1.71 bits per heavy atom. The molecule has 4 rings (SSSR count). The number of fused-ring (bicyclic) bond motifs is 3. The van der Waals surface area contributed by atoms with E-state index in [-0.39, 0.29) is 25.5 Å². The number of hydrogen-bond donors (Lipinski definition) is 4. The number of alkyl carbamates (subject to hydrolysis) is 1. The van der Waals surface area contributed by atoms with Crippen LogP contribution >= 0.6 is 0 Å². The number of nitrogens with one attached hydrogen (secondary N) is 3. The van der Waals surface area contributed by atoms with Crippen molar-refractivity contribution in [2.75, 3.05) is 13.2 Å². The Hall–Kier alpha value is -3.88. The predicted octanol–water partition coefficient (Wildman–Crippen LogP) is 2.01. The van der Waals surface area contributed by atoms with Crippen molar-refractivity contribution < 1.29 is 29.0 Å². The topological polar surface area (TPSA) is 134 Å². The fraction of sp³-hybridized carbons (Fsp3) is 0.360. The predicted molar refractivity (Wildman–Crippen MR) is 123 cm³/mol. The van der Waals surface area contributed by atoms with Crippen LogP contribution in [0.4, 0.5) is 4.79 Å². The molecular weight excluding hydrogens is 438 g/mol. The van der Waals surface area contributed by atoms with Crippen LogP contribution in [-0.2, 0) is 19.1 Å². The first-order valence-electron chi connectivity index (χ1n) is 11.3. The van der Waals surface area contributed by atoms with Crippen molar-refractivity contribution in [3.63, 3.8) is 0 Å². The van der Waals surface area contributed by atoms with Crippen LogP contribution in [0.15, 0.2) is 48.5 Å². The first-order chi connectivity index (χ1) is 16.4. The number of carbonyl (C=O) groups is 4. The molecule has 1 aliphatic heterocycles. The molecular formula is C25H27N3O6. The number of carboxylic acid groups (broad SMARTS) is 1. The van der Waals surface area contributed by atoms with Gasteiger partial charge in [-0.3, -0.25) is 14.4 Å². The number of ether oxygens (including phenoxy) is 1. The summed E-state index contributed by atoms with van der Waals surface area (Å²) in [6.45, 7) is 1.93. The summed E-state index contributed by atoms with van der Waals surface area (Å²) in [7, 11) is 0. The molecule has 9 heteroatoms. The maximum Gasteiger partial charge on any atom is 0.407 e. The van der Waals surface area contributed by atoms with Crippen LogP contribution in [0.25, 0.3) is 11.1 Å². The SMILES string of the molecule is CC[C@H](CC(=O)NC1C(=O)NCC1C(=O)O)NC(=O)OCC1c2ccccc2-c2ccccc21. The molecule has 0 bridgehead atoms. The summed E-state index contributed by atoms with van der Waals surface area (Å²) in [4.78, 5) is 48.1. The maximum atomic E-state index is 12.5. The Kier molecular flexibility index (Phi) is 6.81. The van der Waals surface area contributed by atoms with Gasteiger partial charge in [-0.25, -0.2) is 4.79 Å². The van der Waals surface area contributed by atoms with E-state index in [1.54, 1.807) is 0 Å². The van der Waals surface area contributed by atoms with Crippen LogP contribution < -0.4 is 16.0 Å². The molecule has 1 saturated heterocycles.